The molecule has 0 bridgehead atoms. The Bertz CT molecular complexity index is 1050. The van der Waals surface area contributed by atoms with Crippen LogP contribution in [0.25, 0.3) is 0 Å². The van der Waals surface area contributed by atoms with Crippen molar-refractivity contribution in [1.82, 2.24) is 24.7 Å². The maximum Gasteiger partial charge on any atom is 0.234 e. The number of methoxy groups -OCH3 is 1. The van der Waals surface area contributed by atoms with E-state index in [0.29, 0.717) is 34.0 Å². The van der Waals surface area contributed by atoms with Crippen LogP contribution in [0.15, 0.2) is 53.3 Å². The summed E-state index contributed by atoms with van der Waals surface area (Å²) in [7, 11) is 1.59. The summed E-state index contributed by atoms with van der Waals surface area (Å²) < 4.78 is 7.13. The molecule has 0 unspecified atom stereocenters. The molecule has 0 saturated heterocycles. The van der Waals surface area contributed by atoms with Crippen molar-refractivity contribution in [3.63, 3.8) is 0 Å². The SMILES string of the molecule is C=CCn1c(CSc2nc(C)cc(C)n2)nnc1SCC(=O)Nc1cccc(OC)c1. The number of nitrogens with zero attached hydrogens (tertiary/aromatic N) is 5. The van der Waals surface area contributed by atoms with E-state index in [1.54, 1.807) is 19.3 Å². The van der Waals surface area contributed by atoms with Crippen LogP contribution in [-0.4, -0.2) is 43.5 Å². The number of amides is 1. The lowest BCUT2D eigenvalue weighted by Crippen LogP contribution is -2.14. The highest BCUT2D eigenvalue weighted by molar-refractivity contribution is 7.99. The minimum Gasteiger partial charge on any atom is -0.497 e. The van der Waals surface area contributed by atoms with Gasteiger partial charge in [0.2, 0.25) is 5.91 Å². The third-order valence-electron chi connectivity index (χ3n) is 4.08. The lowest BCUT2D eigenvalue weighted by Gasteiger charge is -2.09. The molecular weight excluding hydrogens is 432 g/mol. The van der Waals surface area contributed by atoms with E-state index in [0.717, 1.165) is 17.2 Å². The number of hydrogen-bond acceptors (Lipinski definition) is 8. The van der Waals surface area contributed by atoms with Crippen molar-refractivity contribution >= 4 is 35.1 Å². The second-order valence-corrected chi connectivity index (χ2v) is 8.47. The van der Waals surface area contributed by atoms with Crippen LogP contribution in [0.1, 0.15) is 17.2 Å². The van der Waals surface area contributed by atoms with Crippen LogP contribution < -0.4 is 10.1 Å². The molecule has 0 aliphatic carbocycles. The third kappa shape index (κ3) is 6.56. The van der Waals surface area contributed by atoms with Crippen LogP contribution in [-0.2, 0) is 17.1 Å². The molecule has 2 heterocycles. The first-order chi connectivity index (χ1) is 15.0. The summed E-state index contributed by atoms with van der Waals surface area (Å²) in [4.78, 5) is 21.3. The number of thioether (sulfide) groups is 2. The Balaban J connectivity index is 1.62. The number of allylic oxidation sites excluding steroid dienone is 1. The summed E-state index contributed by atoms with van der Waals surface area (Å²) in [5.74, 6) is 2.11. The summed E-state index contributed by atoms with van der Waals surface area (Å²) in [5, 5.41) is 12.8. The van der Waals surface area contributed by atoms with E-state index in [1.165, 1.54) is 23.5 Å². The lowest BCUT2D eigenvalue weighted by molar-refractivity contribution is -0.113. The van der Waals surface area contributed by atoms with E-state index in [9.17, 15) is 4.79 Å². The number of carbonyl (C=O) groups is 1. The summed E-state index contributed by atoms with van der Waals surface area (Å²) in [6.07, 6.45) is 1.78. The van der Waals surface area contributed by atoms with Crippen LogP contribution in [0.5, 0.6) is 5.75 Å². The maximum absolute atomic E-state index is 12.4. The van der Waals surface area contributed by atoms with Crippen molar-refractivity contribution in [2.45, 2.75) is 36.5 Å². The Labute approximate surface area is 189 Å². The zero-order chi connectivity index (χ0) is 22.2. The fraction of sp³-hybridized carbons (Fsp3) is 0.286. The first-order valence-electron chi connectivity index (χ1n) is 9.53. The topological polar surface area (TPSA) is 94.8 Å². The van der Waals surface area contributed by atoms with Gasteiger partial charge in [0.1, 0.15) is 11.6 Å². The molecule has 0 atom stereocenters. The standard InChI is InChI=1S/C21H24N6O2S2/c1-5-9-27-18(12-30-20-22-14(2)10-15(3)23-20)25-26-21(27)31-13-19(28)24-16-7-6-8-17(11-16)29-4/h5-8,10-11H,1,9,12-13H2,2-4H3,(H,24,28). The molecule has 0 radical (unpaired) electrons. The van der Waals surface area contributed by atoms with Gasteiger partial charge in [-0.3, -0.25) is 4.79 Å². The average Bonchev–Trinajstić information content (AvgIpc) is 3.12. The number of nitrogens with one attached hydrogen (secondary N) is 1. The quantitative estimate of drug-likeness (QED) is 0.279. The maximum atomic E-state index is 12.4. The number of aryl methyl sites for hydroxylation is 2. The van der Waals surface area contributed by atoms with Gasteiger partial charge in [0, 0.05) is 29.7 Å². The minimum absolute atomic E-state index is 0.133. The molecule has 162 valence electrons. The Kier molecular flexibility index (Phi) is 8.07. The Morgan fingerprint density at radius 2 is 1.97 bits per heavy atom. The molecule has 0 fully saturated rings. The molecular formula is C21H24N6O2S2. The Morgan fingerprint density at radius 3 is 2.68 bits per heavy atom. The first kappa shape index (κ1) is 22.8. The molecule has 0 saturated carbocycles. The lowest BCUT2D eigenvalue weighted by atomic mass is 10.3. The van der Waals surface area contributed by atoms with E-state index in [2.05, 4.69) is 32.1 Å². The minimum atomic E-state index is -0.133. The number of anilines is 1. The molecule has 0 aliphatic heterocycles. The fourth-order valence-corrected chi connectivity index (χ4v) is 4.42. The van der Waals surface area contributed by atoms with Crippen molar-refractivity contribution in [2.75, 3.05) is 18.2 Å². The predicted molar refractivity (Wildman–Crippen MR) is 124 cm³/mol. The Hall–Kier alpha value is -2.85. The van der Waals surface area contributed by atoms with Crippen molar-refractivity contribution in [3.05, 3.63) is 60.2 Å². The van der Waals surface area contributed by atoms with Crippen molar-refractivity contribution in [1.29, 1.82) is 0 Å². The molecule has 3 aromatic rings. The van der Waals surface area contributed by atoms with Crippen LogP contribution in [0.2, 0.25) is 0 Å². The normalized spacial score (nSPS) is 10.7. The largest absolute Gasteiger partial charge is 0.497 e. The van der Waals surface area contributed by atoms with Gasteiger partial charge in [-0.1, -0.05) is 35.7 Å². The highest BCUT2D eigenvalue weighted by atomic mass is 32.2. The van der Waals surface area contributed by atoms with Gasteiger partial charge in [-0.05, 0) is 32.0 Å². The number of rotatable bonds is 10. The van der Waals surface area contributed by atoms with E-state index < -0.39 is 0 Å². The summed E-state index contributed by atoms with van der Waals surface area (Å²) in [6, 6.07) is 9.18. The molecule has 8 nitrogen and oxygen atoms in total. The molecule has 1 N–H and O–H groups in total. The van der Waals surface area contributed by atoms with E-state index in [-0.39, 0.29) is 11.7 Å². The molecule has 3 rings (SSSR count). The van der Waals surface area contributed by atoms with Gasteiger partial charge in [0.05, 0.1) is 18.6 Å². The molecule has 31 heavy (non-hydrogen) atoms. The monoisotopic (exact) mass is 456 g/mol. The van der Waals surface area contributed by atoms with E-state index >= 15 is 0 Å². The van der Waals surface area contributed by atoms with Crippen LogP contribution in [0.3, 0.4) is 0 Å². The third-order valence-corrected chi connectivity index (χ3v) is 5.89. The number of benzene rings is 1. The van der Waals surface area contributed by atoms with Gasteiger partial charge in [0.25, 0.3) is 0 Å². The predicted octanol–water partition coefficient (Wildman–Crippen LogP) is 3.90. The number of carbonyl (C=O) groups excluding carboxylic acids is 1. The van der Waals surface area contributed by atoms with Crippen molar-refractivity contribution in [2.24, 2.45) is 0 Å². The van der Waals surface area contributed by atoms with Gasteiger partial charge in [-0.2, -0.15) is 0 Å². The van der Waals surface area contributed by atoms with Crippen LogP contribution >= 0.6 is 23.5 Å². The fourth-order valence-electron chi connectivity index (χ4n) is 2.76. The van der Waals surface area contributed by atoms with E-state index in [4.69, 9.17) is 4.74 Å². The molecule has 0 spiro atoms. The number of ether oxygens (including phenoxy) is 1. The van der Waals surface area contributed by atoms with Crippen LogP contribution in [0.4, 0.5) is 5.69 Å². The van der Waals surface area contributed by atoms with Crippen molar-refractivity contribution in [3.8, 4) is 5.75 Å². The van der Waals surface area contributed by atoms with Gasteiger partial charge in [-0.25, -0.2) is 9.97 Å². The highest BCUT2D eigenvalue weighted by Crippen LogP contribution is 2.24. The molecule has 1 amide bonds. The smallest absolute Gasteiger partial charge is 0.234 e. The van der Waals surface area contributed by atoms with Gasteiger partial charge in [-0.15, -0.1) is 16.8 Å². The molecule has 0 aliphatic rings. The summed E-state index contributed by atoms with van der Waals surface area (Å²) in [5.41, 5.74) is 2.55. The van der Waals surface area contributed by atoms with Gasteiger partial charge in [0.15, 0.2) is 10.3 Å². The summed E-state index contributed by atoms with van der Waals surface area (Å²) >= 11 is 2.83. The molecule has 1 aromatic carbocycles. The zero-order valence-corrected chi connectivity index (χ0v) is 19.3. The first-order valence-corrected chi connectivity index (χ1v) is 11.5. The Morgan fingerprint density at radius 1 is 1.19 bits per heavy atom. The van der Waals surface area contributed by atoms with Crippen LogP contribution in [0, 0.1) is 13.8 Å². The second-order valence-electron chi connectivity index (χ2n) is 6.59. The second kappa shape index (κ2) is 11.0. The number of aromatic nitrogens is 5. The van der Waals surface area contributed by atoms with E-state index in [1.807, 2.05) is 42.7 Å². The van der Waals surface area contributed by atoms with Gasteiger partial charge >= 0.3 is 0 Å². The highest BCUT2D eigenvalue weighted by Gasteiger charge is 2.15. The molecule has 2 aromatic heterocycles. The number of hydrogen-bond donors (Lipinski definition) is 1. The van der Waals surface area contributed by atoms with Gasteiger partial charge < -0.3 is 14.6 Å². The average molecular weight is 457 g/mol. The zero-order valence-electron chi connectivity index (χ0n) is 17.7. The van der Waals surface area contributed by atoms with Crippen molar-refractivity contribution < 1.29 is 9.53 Å². The molecule has 10 heteroatoms. The summed E-state index contributed by atoms with van der Waals surface area (Å²) in [6.45, 7) is 8.27.